The Balaban J connectivity index is 1.89. The van der Waals surface area contributed by atoms with Crippen molar-refractivity contribution < 1.29 is 18.3 Å². The molecule has 0 atom stereocenters. The van der Waals surface area contributed by atoms with Gasteiger partial charge in [-0.2, -0.15) is 0 Å². The molecule has 1 amide bonds. The summed E-state index contributed by atoms with van der Waals surface area (Å²) < 4.78 is 31.3. The molecule has 0 bridgehead atoms. The predicted octanol–water partition coefficient (Wildman–Crippen LogP) is 2.63. The summed E-state index contributed by atoms with van der Waals surface area (Å²) >= 11 is 0. The topological polar surface area (TPSA) is 116 Å². The first kappa shape index (κ1) is 24.1. The molecule has 176 valence electrons. The van der Waals surface area contributed by atoms with E-state index in [0.717, 1.165) is 17.7 Å². The number of para-hydroxylation sites is 1. The van der Waals surface area contributed by atoms with E-state index in [4.69, 9.17) is 0 Å². The van der Waals surface area contributed by atoms with Crippen LogP contribution < -0.4 is 20.3 Å². The van der Waals surface area contributed by atoms with Crippen LogP contribution in [0.2, 0.25) is 0 Å². The Morgan fingerprint density at radius 3 is 2.27 bits per heavy atom. The molecule has 1 heterocycles. The lowest BCUT2D eigenvalue weighted by Crippen LogP contribution is -2.42. The standard InChI is InChI=1S/C23H28N4O5S/c1-4-5-9-16-26(23(29)30)18-12-14-20(15-13-18)33(31,32)24-21-17(2)25(3)27(22(21)28)19-10-7-6-8-11-19/h6-8,10-15,24H,4-5,9,16H2,1-3H3,(H,29,30)/p-1. The first-order valence-corrected chi connectivity index (χ1v) is 12.1. The number of aromatic nitrogens is 2. The summed E-state index contributed by atoms with van der Waals surface area (Å²) in [7, 11) is -2.42. The third kappa shape index (κ3) is 5.11. The summed E-state index contributed by atoms with van der Waals surface area (Å²) in [5, 5.41) is 11.5. The van der Waals surface area contributed by atoms with E-state index in [1.165, 1.54) is 28.9 Å². The minimum absolute atomic E-state index is 0.0543. The van der Waals surface area contributed by atoms with Crippen molar-refractivity contribution >= 4 is 27.5 Å². The molecular weight excluding hydrogens is 444 g/mol. The number of carbonyl (C=O) groups is 1. The van der Waals surface area contributed by atoms with Gasteiger partial charge in [-0.05, 0) is 49.7 Å². The second kappa shape index (κ2) is 9.95. The van der Waals surface area contributed by atoms with Gasteiger partial charge in [-0.1, -0.05) is 38.0 Å². The van der Waals surface area contributed by atoms with Crippen LogP contribution in [0.5, 0.6) is 0 Å². The fourth-order valence-corrected chi connectivity index (χ4v) is 4.65. The van der Waals surface area contributed by atoms with Crippen LogP contribution in [-0.2, 0) is 17.1 Å². The minimum atomic E-state index is -4.09. The second-order valence-electron chi connectivity index (χ2n) is 7.66. The molecule has 0 aliphatic carbocycles. The van der Waals surface area contributed by atoms with Gasteiger partial charge in [0.25, 0.3) is 15.6 Å². The number of nitrogens with zero attached hydrogens (tertiary/aromatic N) is 3. The number of hydrogen-bond donors (Lipinski definition) is 1. The highest BCUT2D eigenvalue weighted by atomic mass is 32.2. The molecule has 0 aliphatic heterocycles. The smallest absolute Gasteiger partial charge is 0.296 e. The lowest BCUT2D eigenvalue weighted by molar-refractivity contribution is -0.246. The average Bonchev–Trinajstić information content (AvgIpc) is 3.00. The maximum absolute atomic E-state index is 13.0. The summed E-state index contributed by atoms with van der Waals surface area (Å²) in [6.07, 6.45) is 1.14. The van der Waals surface area contributed by atoms with Crippen LogP contribution in [0.15, 0.2) is 64.3 Å². The van der Waals surface area contributed by atoms with Crippen LogP contribution in [0.25, 0.3) is 5.69 Å². The molecule has 0 saturated carbocycles. The molecule has 0 unspecified atom stereocenters. The third-order valence-electron chi connectivity index (χ3n) is 5.45. The van der Waals surface area contributed by atoms with E-state index in [2.05, 4.69) is 4.72 Å². The summed E-state index contributed by atoms with van der Waals surface area (Å²) in [5.74, 6) is 0. The van der Waals surface area contributed by atoms with Crippen LogP contribution in [0, 0.1) is 6.92 Å². The summed E-state index contributed by atoms with van der Waals surface area (Å²) in [5.41, 5.74) is 0.825. The van der Waals surface area contributed by atoms with Gasteiger partial charge in [-0.15, -0.1) is 0 Å². The first-order chi connectivity index (χ1) is 15.7. The Hall–Kier alpha value is -3.53. The van der Waals surface area contributed by atoms with Crippen LogP contribution in [-0.4, -0.2) is 30.4 Å². The van der Waals surface area contributed by atoms with Crippen molar-refractivity contribution in [3.05, 3.63) is 70.6 Å². The largest absolute Gasteiger partial charge is 0.530 e. The highest BCUT2D eigenvalue weighted by Gasteiger charge is 2.22. The van der Waals surface area contributed by atoms with Gasteiger partial charge in [0, 0.05) is 19.3 Å². The summed E-state index contributed by atoms with van der Waals surface area (Å²) in [6, 6.07) is 14.3. The van der Waals surface area contributed by atoms with E-state index < -0.39 is 21.7 Å². The van der Waals surface area contributed by atoms with Crippen LogP contribution in [0.3, 0.4) is 0 Å². The van der Waals surface area contributed by atoms with Crippen LogP contribution >= 0.6 is 0 Å². The van der Waals surface area contributed by atoms with Gasteiger partial charge in [0.1, 0.15) is 11.8 Å². The van der Waals surface area contributed by atoms with Crippen LogP contribution in [0.4, 0.5) is 16.2 Å². The zero-order valence-electron chi connectivity index (χ0n) is 18.8. The van der Waals surface area contributed by atoms with E-state index >= 15 is 0 Å². The molecule has 0 fully saturated rings. The minimum Gasteiger partial charge on any atom is -0.530 e. The van der Waals surface area contributed by atoms with Gasteiger partial charge in [-0.3, -0.25) is 14.2 Å². The Kier molecular flexibility index (Phi) is 7.27. The molecule has 1 N–H and O–H groups in total. The number of unbranched alkanes of at least 4 members (excludes halogenated alkanes) is 2. The molecule has 0 aliphatic rings. The van der Waals surface area contributed by atoms with Crippen molar-refractivity contribution in [1.29, 1.82) is 0 Å². The number of sulfonamides is 1. The quantitative estimate of drug-likeness (QED) is 0.482. The zero-order valence-corrected chi connectivity index (χ0v) is 19.6. The fourth-order valence-electron chi connectivity index (χ4n) is 3.53. The van der Waals surface area contributed by atoms with Gasteiger partial charge in [0.15, 0.2) is 0 Å². The molecule has 10 heteroatoms. The average molecular weight is 472 g/mol. The lowest BCUT2D eigenvalue weighted by Gasteiger charge is -2.25. The van der Waals surface area contributed by atoms with Gasteiger partial charge in [0.2, 0.25) is 0 Å². The molecule has 1 aromatic heterocycles. The molecule has 2 aromatic carbocycles. The molecule has 0 saturated heterocycles. The van der Waals surface area contributed by atoms with E-state index in [9.17, 15) is 23.1 Å². The van der Waals surface area contributed by atoms with E-state index in [1.807, 2.05) is 13.0 Å². The second-order valence-corrected chi connectivity index (χ2v) is 9.34. The summed E-state index contributed by atoms with van der Waals surface area (Å²) in [4.78, 5) is 25.5. The van der Waals surface area contributed by atoms with E-state index in [0.29, 0.717) is 23.5 Å². The molecule has 33 heavy (non-hydrogen) atoms. The van der Waals surface area contributed by atoms with Crippen molar-refractivity contribution in [3.8, 4) is 5.69 Å². The number of rotatable bonds is 9. The van der Waals surface area contributed by atoms with Gasteiger partial charge in [0.05, 0.1) is 16.3 Å². The Bertz CT molecular complexity index is 1280. The predicted molar refractivity (Wildman–Crippen MR) is 125 cm³/mol. The number of hydrogen-bond acceptors (Lipinski definition) is 5. The number of amides is 1. The zero-order chi connectivity index (χ0) is 24.2. The molecule has 0 radical (unpaired) electrons. The highest BCUT2D eigenvalue weighted by molar-refractivity contribution is 7.92. The van der Waals surface area contributed by atoms with Gasteiger partial charge >= 0.3 is 0 Å². The monoisotopic (exact) mass is 471 g/mol. The van der Waals surface area contributed by atoms with Crippen molar-refractivity contribution in [2.45, 2.75) is 38.0 Å². The number of nitrogens with one attached hydrogen (secondary N) is 1. The normalized spacial score (nSPS) is 11.4. The fraction of sp³-hybridized carbons (Fsp3) is 0.304. The Morgan fingerprint density at radius 2 is 1.70 bits per heavy atom. The van der Waals surface area contributed by atoms with Gasteiger partial charge in [-0.25, -0.2) is 13.1 Å². The van der Waals surface area contributed by atoms with Crippen molar-refractivity contribution in [2.24, 2.45) is 7.05 Å². The van der Waals surface area contributed by atoms with Crippen LogP contribution in [0.1, 0.15) is 31.9 Å². The SMILES string of the molecule is CCCCCN(C(=O)[O-])c1ccc(S(=O)(=O)Nc2c(C)n(C)n(-c3ccccc3)c2=O)cc1. The van der Waals surface area contributed by atoms with Gasteiger partial charge < -0.3 is 14.8 Å². The number of carbonyl (C=O) groups excluding carboxylic acids is 1. The Morgan fingerprint density at radius 1 is 1.06 bits per heavy atom. The number of carboxylic acid groups (broad SMARTS) is 1. The Labute approximate surface area is 192 Å². The molecular formula is C23H27N4O5S-. The molecule has 3 aromatic rings. The molecule has 9 nitrogen and oxygen atoms in total. The summed E-state index contributed by atoms with van der Waals surface area (Å²) in [6.45, 7) is 3.93. The van der Waals surface area contributed by atoms with E-state index in [1.54, 1.807) is 42.9 Å². The van der Waals surface area contributed by atoms with E-state index in [-0.39, 0.29) is 17.1 Å². The van der Waals surface area contributed by atoms with Crippen molar-refractivity contribution in [1.82, 2.24) is 9.36 Å². The molecule has 3 rings (SSSR count). The maximum atomic E-state index is 13.0. The number of anilines is 2. The van der Waals surface area contributed by atoms with Crippen molar-refractivity contribution in [3.63, 3.8) is 0 Å². The highest BCUT2D eigenvalue weighted by Crippen LogP contribution is 2.22. The number of benzene rings is 2. The maximum Gasteiger partial charge on any atom is 0.296 e. The van der Waals surface area contributed by atoms with Crippen molar-refractivity contribution in [2.75, 3.05) is 16.2 Å². The molecule has 0 spiro atoms. The first-order valence-electron chi connectivity index (χ1n) is 10.6. The lowest BCUT2D eigenvalue weighted by atomic mass is 10.2. The third-order valence-corrected chi connectivity index (χ3v) is 6.82.